The average Bonchev–Trinajstić information content (AvgIpc) is 2.37. The Hall–Kier alpha value is -1.49. The van der Waals surface area contributed by atoms with E-state index in [4.69, 9.17) is 0 Å². The zero-order valence-corrected chi connectivity index (χ0v) is 11.9. The summed E-state index contributed by atoms with van der Waals surface area (Å²) >= 11 is 0. The van der Waals surface area contributed by atoms with E-state index in [1.54, 1.807) is 6.20 Å². The van der Waals surface area contributed by atoms with E-state index in [1.807, 2.05) is 6.92 Å². The van der Waals surface area contributed by atoms with Crippen LogP contribution in [0.4, 0.5) is 5.95 Å². The molecule has 1 aromatic rings. The van der Waals surface area contributed by atoms with Gasteiger partial charge in [0.25, 0.3) is 0 Å². The van der Waals surface area contributed by atoms with Gasteiger partial charge in [0.2, 0.25) is 5.95 Å². The maximum Gasteiger partial charge on any atom is 0.222 e. The van der Waals surface area contributed by atoms with Crippen LogP contribution < -0.4 is 5.32 Å². The fraction of sp³-hybridized carbons (Fsp3) is 0.643. The molecule has 0 amide bonds. The van der Waals surface area contributed by atoms with Gasteiger partial charge in [-0.25, -0.2) is 9.97 Å². The normalized spacial score (nSPS) is 20.3. The number of nitrogens with one attached hydrogen (secondary N) is 1. The minimum atomic E-state index is 0.0102. The molecule has 0 bridgehead atoms. The summed E-state index contributed by atoms with van der Waals surface area (Å²) in [6, 6.07) is 0.546. The fourth-order valence-corrected chi connectivity index (χ4v) is 2.51. The number of ketones is 1. The van der Waals surface area contributed by atoms with E-state index >= 15 is 0 Å². The number of anilines is 1. The molecule has 2 rings (SSSR count). The Morgan fingerprint density at radius 1 is 1.53 bits per heavy atom. The van der Waals surface area contributed by atoms with E-state index in [2.05, 4.69) is 27.2 Å². The molecular formula is C14H22N4O. The third-order valence-electron chi connectivity index (χ3n) is 3.78. The molecule has 104 valence electrons. The summed E-state index contributed by atoms with van der Waals surface area (Å²) in [5.74, 6) is 0.623. The molecule has 1 N–H and O–H groups in total. The minimum Gasteiger partial charge on any atom is -0.353 e. The minimum absolute atomic E-state index is 0.0102. The molecule has 2 heterocycles. The number of aromatic nitrogens is 2. The lowest BCUT2D eigenvalue weighted by molar-refractivity contribution is 0.101. The number of carbonyl (C=O) groups excluding carboxylic acids is 1. The van der Waals surface area contributed by atoms with Crippen LogP contribution in [0.25, 0.3) is 0 Å². The molecule has 0 radical (unpaired) electrons. The summed E-state index contributed by atoms with van der Waals surface area (Å²) in [7, 11) is 2.16. The van der Waals surface area contributed by atoms with Crippen molar-refractivity contribution in [1.29, 1.82) is 0 Å². The van der Waals surface area contributed by atoms with Crippen LogP contribution in [0.1, 0.15) is 42.2 Å². The van der Waals surface area contributed by atoms with Gasteiger partial charge in [-0.15, -0.1) is 0 Å². The Bertz CT molecular complexity index is 461. The predicted molar refractivity (Wildman–Crippen MR) is 75.5 cm³/mol. The van der Waals surface area contributed by atoms with Gasteiger partial charge in [0.1, 0.15) is 0 Å². The second kappa shape index (κ2) is 6.10. The summed E-state index contributed by atoms with van der Waals surface area (Å²) in [4.78, 5) is 22.3. The average molecular weight is 262 g/mol. The third-order valence-corrected chi connectivity index (χ3v) is 3.78. The molecule has 1 unspecified atom stereocenters. The van der Waals surface area contributed by atoms with Crippen molar-refractivity contribution in [3.8, 4) is 0 Å². The maximum atomic E-state index is 11.3. The van der Waals surface area contributed by atoms with Crippen molar-refractivity contribution in [2.24, 2.45) is 0 Å². The summed E-state index contributed by atoms with van der Waals surface area (Å²) in [6.07, 6.45) is 5.40. The summed E-state index contributed by atoms with van der Waals surface area (Å²) < 4.78 is 0. The first-order valence-electron chi connectivity index (χ1n) is 6.86. The number of likely N-dealkylation sites (N-methyl/N-ethyl adjacent to an activating group) is 1. The van der Waals surface area contributed by atoms with Crippen LogP contribution in [0.2, 0.25) is 0 Å². The molecule has 0 saturated carbocycles. The zero-order chi connectivity index (χ0) is 13.8. The lowest BCUT2D eigenvalue weighted by atomic mass is 10.0. The van der Waals surface area contributed by atoms with Gasteiger partial charge in [-0.3, -0.25) is 4.79 Å². The van der Waals surface area contributed by atoms with E-state index in [9.17, 15) is 4.79 Å². The highest BCUT2D eigenvalue weighted by Crippen LogP contribution is 2.15. The van der Waals surface area contributed by atoms with Gasteiger partial charge in [0.15, 0.2) is 5.78 Å². The van der Waals surface area contributed by atoms with Crippen LogP contribution in [0.15, 0.2) is 6.20 Å². The van der Waals surface area contributed by atoms with Gasteiger partial charge in [-0.1, -0.05) is 6.42 Å². The summed E-state index contributed by atoms with van der Waals surface area (Å²) in [6.45, 7) is 5.40. The molecule has 5 heteroatoms. The zero-order valence-electron chi connectivity index (χ0n) is 11.9. The molecular weight excluding hydrogens is 240 g/mol. The standard InChI is InChI=1S/C14H22N4O/c1-10-13(11(2)19)9-16-14(17-10)15-8-12-6-4-5-7-18(12)3/h9,12H,4-8H2,1-3H3,(H,15,16,17). The quantitative estimate of drug-likeness (QED) is 0.840. The SMILES string of the molecule is CC(=O)c1cnc(NCC2CCCCN2C)nc1C. The molecule has 0 aliphatic carbocycles. The number of rotatable bonds is 4. The number of likely N-dealkylation sites (tertiary alicyclic amines) is 1. The van der Waals surface area contributed by atoms with E-state index in [-0.39, 0.29) is 5.78 Å². The van der Waals surface area contributed by atoms with Gasteiger partial charge in [0.05, 0.1) is 11.3 Å². The van der Waals surface area contributed by atoms with E-state index in [0.29, 0.717) is 17.6 Å². The van der Waals surface area contributed by atoms with E-state index < -0.39 is 0 Å². The molecule has 0 spiro atoms. The maximum absolute atomic E-state index is 11.3. The Kier molecular flexibility index (Phi) is 4.47. The first kappa shape index (κ1) is 13.9. The van der Waals surface area contributed by atoms with Crippen LogP contribution in [0, 0.1) is 6.92 Å². The topological polar surface area (TPSA) is 58.1 Å². The molecule has 1 aliphatic heterocycles. The second-order valence-electron chi connectivity index (χ2n) is 5.26. The van der Waals surface area contributed by atoms with Crippen LogP contribution in [-0.4, -0.2) is 46.8 Å². The number of hydrogen-bond acceptors (Lipinski definition) is 5. The first-order valence-corrected chi connectivity index (χ1v) is 6.86. The first-order chi connectivity index (χ1) is 9.08. The molecule has 1 aromatic heterocycles. The summed E-state index contributed by atoms with van der Waals surface area (Å²) in [5, 5.41) is 3.28. The Balaban J connectivity index is 1.96. The fourth-order valence-electron chi connectivity index (χ4n) is 2.51. The number of aryl methyl sites for hydroxylation is 1. The van der Waals surface area contributed by atoms with Gasteiger partial charge in [-0.05, 0) is 40.3 Å². The third kappa shape index (κ3) is 3.50. The largest absolute Gasteiger partial charge is 0.353 e. The number of hydrogen-bond donors (Lipinski definition) is 1. The van der Waals surface area contributed by atoms with Crippen LogP contribution >= 0.6 is 0 Å². The van der Waals surface area contributed by atoms with Gasteiger partial charge >= 0.3 is 0 Å². The van der Waals surface area contributed by atoms with Crippen molar-refractivity contribution >= 4 is 11.7 Å². The number of Topliss-reactive ketones (excluding diaryl/α,β-unsaturated/α-hetero) is 1. The highest BCUT2D eigenvalue weighted by atomic mass is 16.1. The highest BCUT2D eigenvalue weighted by Gasteiger charge is 2.18. The van der Waals surface area contributed by atoms with Crippen molar-refractivity contribution in [2.75, 3.05) is 25.5 Å². The Morgan fingerprint density at radius 3 is 2.95 bits per heavy atom. The lowest BCUT2D eigenvalue weighted by Crippen LogP contribution is -2.41. The van der Waals surface area contributed by atoms with Crippen molar-refractivity contribution in [1.82, 2.24) is 14.9 Å². The van der Waals surface area contributed by atoms with E-state index in [1.165, 1.54) is 26.2 Å². The molecule has 1 fully saturated rings. The molecule has 0 aromatic carbocycles. The highest BCUT2D eigenvalue weighted by molar-refractivity contribution is 5.94. The molecule has 1 atom stereocenters. The van der Waals surface area contributed by atoms with Crippen molar-refractivity contribution in [2.45, 2.75) is 39.2 Å². The van der Waals surface area contributed by atoms with Crippen molar-refractivity contribution < 1.29 is 4.79 Å². The van der Waals surface area contributed by atoms with Crippen LogP contribution in [0.3, 0.4) is 0 Å². The number of piperidine rings is 1. The van der Waals surface area contributed by atoms with Crippen molar-refractivity contribution in [3.63, 3.8) is 0 Å². The van der Waals surface area contributed by atoms with Crippen LogP contribution in [0.5, 0.6) is 0 Å². The predicted octanol–water partition coefficient (Wildman–Crippen LogP) is 1.88. The van der Waals surface area contributed by atoms with Gasteiger partial charge < -0.3 is 10.2 Å². The Morgan fingerprint density at radius 2 is 2.32 bits per heavy atom. The van der Waals surface area contributed by atoms with Gasteiger partial charge in [0, 0.05) is 18.8 Å². The van der Waals surface area contributed by atoms with Crippen LogP contribution in [-0.2, 0) is 0 Å². The molecule has 1 saturated heterocycles. The lowest BCUT2D eigenvalue weighted by Gasteiger charge is -2.32. The monoisotopic (exact) mass is 262 g/mol. The molecule has 19 heavy (non-hydrogen) atoms. The smallest absolute Gasteiger partial charge is 0.222 e. The second-order valence-corrected chi connectivity index (χ2v) is 5.26. The molecule has 1 aliphatic rings. The Labute approximate surface area is 114 Å². The van der Waals surface area contributed by atoms with E-state index in [0.717, 1.165) is 18.8 Å². The van der Waals surface area contributed by atoms with Gasteiger partial charge in [-0.2, -0.15) is 0 Å². The number of nitrogens with zero attached hydrogens (tertiary/aromatic N) is 3. The number of carbonyl (C=O) groups is 1. The molecule has 5 nitrogen and oxygen atoms in total. The van der Waals surface area contributed by atoms with Crippen molar-refractivity contribution in [3.05, 3.63) is 17.5 Å². The summed E-state index contributed by atoms with van der Waals surface area (Å²) in [5.41, 5.74) is 1.34.